The molecule has 2 aliphatic rings. The Morgan fingerprint density at radius 3 is 3.00 bits per heavy atom. The van der Waals surface area contributed by atoms with E-state index in [2.05, 4.69) is 15.5 Å². The summed E-state index contributed by atoms with van der Waals surface area (Å²) >= 11 is 0. The maximum Gasteiger partial charge on any atom is 0.289 e. The average molecular weight is 229 g/mol. The highest BCUT2D eigenvalue weighted by Crippen LogP contribution is 2.42. The molecule has 1 aromatic rings. The predicted molar refractivity (Wildman–Crippen MR) is 64.6 cm³/mol. The van der Waals surface area contributed by atoms with E-state index in [1.165, 1.54) is 25.0 Å². The number of fused-ring (bicyclic) bond motifs is 2. The third kappa shape index (κ3) is 2.07. The number of carbonyl (C=O) groups is 1. The largest absolute Gasteiger partial charge is 0.289 e. The SMILES string of the molecule is O=C(N/N=C1/C[C@H]2CC[C@H]1C2)c1ccccn1. The number of hydrogen-bond donors (Lipinski definition) is 1. The molecule has 0 radical (unpaired) electrons. The molecule has 3 rings (SSSR count). The summed E-state index contributed by atoms with van der Waals surface area (Å²) in [5.41, 5.74) is 4.20. The topological polar surface area (TPSA) is 54.4 Å². The van der Waals surface area contributed by atoms with E-state index in [0.717, 1.165) is 12.3 Å². The summed E-state index contributed by atoms with van der Waals surface area (Å²) in [5.74, 6) is 1.20. The summed E-state index contributed by atoms with van der Waals surface area (Å²) < 4.78 is 0. The van der Waals surface area contributed by atoms with Crippen LogP contribution in [0.25, 0.3) is 0 Å². The smallest absolute Gasteiger partial charge is 0.266 e. The van der Waals surface area contributed by atoms with Crippen molar-refractivity contribution in [2.45, 2.75) is 25.7 Å². The molecule has 2 saturated carbocycles. The lowest BCUT2D eigenvalue weighted by atomic mass is 9.99. The van der Waals surface area contributed by atoms with E-state index in [-0.39, 0.29) is 5.91 Å². The monoisotopic (exact) mass is 229 g/mol. The van der Waals surface area contributed by atoms with Crippen LogP contribution >= 0.6 is 0 Å². The highest BCUT2D eigenvalue weighted by Gasteiger charge is 2.36. The molecule has 2 atom stereocenters. The van der Waals surface area contributed by atoms with Crippen molar-refractivity contribution in [3.05, 3.63) is 30.1 Å². The van der Waals surface area contributed by atoms with Gasteiger partial charge in [-0.05, 0) is 49.7 Å². The molecule has 2 bridgehead atoms. The fourth-order valence-electron chi connectivity index (χ4n) is 2.84. The number of amides is 1. The Morgan fingerprint density at radius 2 is 2.35 bits per heavy atom. The Balaban J connectivity index is 1.65. The van der Waals surface area contributed by atoms with Crippen LogP contribution in [0.2, 0.25) is 0 Å². The summed E-state index contributed by atoms with van der Waals surface area (Å²) in [4.78, 5) is 15.7. The molecule has 1 heterocycles. The summed E-state index contributed by atoms with van der Waals surface area (Å²) in [5, 5.41) is 4.26. The highest BCUT2D eigenvalue weighted by atomic mass is 16.2. The van der Waals surface area contributed by atoms with E-state index < -0.39 is 0 Å². The first-order valence-corrected chi connectivity index (χ1v) is 6.11. The van der Waals surface area contributed by atoms with Gasteiger partial charge in [0.1, 0.15) is 5.69 Å². The number of hydrazone groups is 1. The third-order valence-corrected chi connectivity index (χ3v) is 3.71. The van der Waals surface area contributed by atoms with Gasteiger partial charge in [-0.1, -0.05) is 6.07 Å². The number of carbonyl (C=O) groups excluding carboxylic acids is 1. The molecular formula is C13H15N3O. The standard InChI is InChI=1S/C13H15N3O/c17-13(11-3-1-2-6-14-11)16-15-12-8-9-4-5-10(12)7-9/h1-3,6,9-10H,4-5,7-8H2,(H,16,17)/b15-12-/t9-,10-/m0/s1. The Morgan fingerprint density at radius 1 is 1.41 bits per heavy atom. The van der Waals surface area contributed by atoms with E-state index in [1.807, 2.05) is 0 Å². The molecule has 17 heavy (non-hydrogen) atoms. The van der Waals surface area contributed by atoms with Gasteiger partial charge in [-0.3, -0.25) is 9.78 Å². The van der Waals surface area contributed by atoms with Gasteiger partial charge in [0.25, 0.3) is 5.91 Å². The maximum atomic E-state index is 11.7. The van der Waals surface area contributed by atoms with Gasteiger partial charge < -0.3 is 0 Å². The molecule has 1 N–H and O–H groups in total. The van der Waals surface area contributed by atoms with Crippen molar-refractivity contribution in [3.8, 4) is 0 Å². The van der Waals surface area contributed by atoms with Gasteiger partial charge in [0.15, 0.2) is 0 Å². The first kappa shape index (κ1) is 10.4. The lowest BCUT2D eigenvalue weighted by Gasteiger charge is -2.11. The van der Waals surface area contributed by atoms with E-state index >= 15 is 0 Å². The predicted octanol–water partition coefficient (Wildman–Crippen LogP) is 1.99. The van der Waals surface area contributed by atoms with Crippen LogP contribution in [0.5, 0.6) is 0 Å². The van der Waals surface area contributed by atoms with E-state index in [4.69, 9.17) is 0 Å². The van der Waals surface area contributed by atoms with Crippen LogP contribution < -0.4 is 5.43 Å². The summed E-state index contributed by atoms with van der Waals surface area (Å²) in [6, 6.07) is 5.28. The minimum atomic E-state index is -0.221. The van der Waals surface area contributed by atoms with Gasteiger partial charge in [-0.15, -0.1) is 0 Å². The van der Waals surface area contributed by atoms with Gasteiger partial charge >= 0.3 is 0 Å². The van der Waals surface area contributed by atoms with Crippen molar-refractivity contribution in [2.75, 3.05) is 0 Å². The number of aromatic nitrogens is 1. The molecule has 0 unspecified atom stereocenters. The molecule has 0 aliphatic heterocycles. The van der Waals surface area contributed by atoms with E-state index in [1.54, 1.807) is 24.4 Å². The van der Waals surface area contributed by atoms with Crippen molar-refractivity contribution in [2.24, 2.45) is 16.9 Å². The van der Waals surface area contributed by atoms with Crippen molar-refractivity contribution in [3.63, 3.8) is 0 Å². The van der Waals surface area contributed by atoms with Gasteiger partial charge in [-0.2, -0.15) is 5.10 Å². The van der Waals surface area contributed by atoms with Gasteiger partial charge in [-0.25, -0.2) is 5.43 Å². The fourth-order valence-corrected chi connectivity index (χ4v) is 2.84. The first-order valence-electron chi connectivity index (χ1n) is 6.11. The third-order valence-electron chi connectivity index (χ3n) is 3.71. The molecule has 2 fully saturated rings. The zero-order valence-electron chi connectivity index (χ0n) is 9.60. The Hall–Kier alpha value is -1.71. The Kier molecular flexibility index (Phi) is 2.63. The molecule has 0 spiro atoms. The van der Waals surface area contributed by atoms with Gasteiger partial charge in [0.05, 0.1) is 0 Å². The number of rotatable bonds is 2. The second-order valence-corrected chi connectivity index (χ2v) is 4.84. The number of nitrogens with zero attached hydrogens (tertiary/aromatic N) is 2. The van der Waals surface area contributed by atoms with Crippen molar-refractivity contribution in [1.29, 1.82) is 0 Å². The molecule has 4 heteroatoms. The second-order valence-electron chi connectivity index (χ2n) is 4.84. The lowest BCUT2D eigenvalue weighted by Crippen LogP contribution is -2.22. The molecular weight excluding hydrogens is 214 g/mol. The van der Waals surface area contributed by atoms with Crippen LogP contribution in [-0.2, 0) is 0 Å². The number of hydrogen-bond acceptors (Lipinski definition) is 3. The normalized spacial score (nSPS) is 28.6. The van der Waals surface area contributed by atoms with Gasteiger partial charge in [0, 0.05) is 11.9 Å². The van der Waals surface area contributed by atoms with Crippen molar-refractivity contribution < 1.29 is 4.79 Å². The van der Waals surface area contributed by atoms with Crippen LogP contribution in [-0.4, -0.2) is 16.6 Å². The second kappa shape index (κ2) is 4.28. The average Bonchev–Trinajstić information content (AvgIpc) is 2.99. The number of nitrogens with one attached hydrogen (secondary N) is 1. The maximum absolute atomic E-state index is 11.7. The molecule has 1 aromatic heterocycles. The molecule has 1 amide bonds. The summed E-state index contributed by atoms with van der Waals surface area (Å²) in [6.07, 6.45) is 6.51. The van der Waals surface area contributed by atoms with Crippen LogP contribution in [0.3, 0.4) is 0 Å². The number of pyridine rings is 1. The quantitative estimate of drug-likeness (QED) is 0.788. The molecule has 88 valence electrons. The van der Waals surface area contributed by atoms with Crippen molar-refractivity contribution >= 4 is 11.6 Å². The lowest BCUT2D eigenvalue weighted by molar-refractivity contribution is 0.0949. The minimum Gasteiger partial charge on any atom is -0.266 e. The highest BCUT2D eigenvalue weighted by molar-refractivity contribution is 5.95. The van der Waals surface area contributed by atoms with Crippen molar-refractivity contribution in [1.82, 2.24) is 10.4 Å². The summed E-state index contributed by atoms with van der Waals surface area (Å²) in [6.45, 7) is 0. The van der Waals surface area contributed by atoms with Crippen LogP contribution in [0.4, 0.5) is 0 Å². The van der Waals surface area contributed by atoms with E-state index in [9.17, 15) is 4.79 Å². The zero-order chi connectivity index (χ0) is 11.7. The fraction of sp³-hybridized carbons (Fsp3) is 0.462. The van der Waals surface area contributed by atoms with E-state index in [0.29, 0.717) is 11.6 Å². The minimum absolute atomic E-state index is 0.221. The zero-order valence-corrected chi connectivity index (χ0v) is 9.60. The molecule has 4 nitrogen and oxygen atoms in total. The molecule has 0 aromatic carbocycles. The summed E-state index contributed by atoms with van der Waals surface area (Å²) in [7, 11) is 0. The van der Waals surface area contributed by atoms with Crippen LogP contribution in [0, 0.1) is 11.8 Å². The van der Waals surface area contributed by atoms with Crippen LogP contribution in [0.15, 0.2) is 29.5 Å². The van der Waals surface area contributed by atoms with Gasteiger partial charge in [0.2, 0.25) is 0 Å². The molecule has 2 aliphatic carbocycles. The molecule has 0 saturated heterocycles. The Bertz CT molecular complexity index is 455. The Labute approximate surface area is 100 Å². The van der Waals surface area contributed by atoms with Crippen LogP contribution in [0.1, 0.15) is 36.2 Å². The first-order chi connectivity index (χ1) is 8.33.